The second-order valence-corrected chi connectivity index (χ2v) is 9.40. The highest BCUT2D eigenvalue weighted by Gasteiger charge is 2.31. The van der Waals surface area contributed by atoms with Gasteiger partial charge in [0.05, 0.1) is 11.9 Å². The fourth-order valence-electron chi connectivity index (χ4n) is 3.13. The summed E-state index contributed by atoms with van der Waals surface area (Å²) in [6, 6.07) is 8.28. The van der Waals surface area contributed by atoms with E-state index in [2.05, 4.69) is 5.32 Å². The fraction of sp³-hybridized carbons (Fsp3) is 0.333. The van der Waals surface area contributed by atoms with Crippen LogP contribution < -0.4 is 9.62 Å². The van der Waals surface area contributed by atoms with E-state index in [-0.39, 0.29) is 18.7 Å². The van der Waals surface area contributed by atoms with Gasteiger partial charge in [0.1, 0.15) is 12.6 Å². The third-order valence-electron chi connectivity index (χ3n) is 4.77. The molecule has 1 atom stereocenters. The largest absolute Gasteiger partial charge is 0.357 e. The molecule has 7 nitrogen and oxygen atoms in total. The van der Waals surface area contributed by atoms with Crippen LogP contribution in [0.2, 0.25) is 5.02 Å². The van der Waals surface area contributed by atoms with Gasteiger partial charge in [-0.1, -0.05) is 30.7 Å². The summed E-state index contributed by atoms with van der Waals surface area (Å²) in [5.41, 5.74) is 0.461. The van der Waals surface area contributed by atoms with Crippen molar-refractivity contribution in [1.29, 1.82) is 0 Å². The molecule has 2 aromatic rings. The number of benzene rings is 2. The Labute approximate surface area is 191 Å². The maximum Gasteiger partial charge on any atom is 0.244 e. The molecule has 0 heterocycles. The molecular formula is C21H24ClF2N3O4S. The molecule has 0 saturated carbocycles. The van der Waals surface area contributed by atoms with E-state index in [1.54, 1.807) is 31.2 Å². The van der Waals surface area contributed by atoms with Gasteiger partial charge in [0, 0.05) is 24.7 Å². The molecule has 2 rings (SSSR count). The third-order valence-corrected chi connectivity index (χ3v) is 6.16. The Morgan fingerprint density at radius 3 is 2.22 bits per heavy atom. The van der Waals surface area contributed by atoms with E-state index in [1.807, 2.05) is 0 Å². The van der Waals surface area contributed by atoms with E-state index >= 15 is 0 Å². The maximum atomic E-state index is 13.7. The predicted octanol–water partition coefficient (Wildman–Crippen LogP) is 2.94. The summed E-state index contributed by atoms with van der Waals surface area (Å²) in [6.45, 7) is 1.02. The Hall–Kier alpha value is -2.72. The molecule has 174 valence electrons. The number of sulfonamides is 1. The Balaban J connectivity index is 2.43. The number of hydrogen-bond donors (Lipinski definition) is 1. The zero-order valence-electron chi connectivity index (χ0n) is 17.8. The Bertz CT molecular complexity index is 1080. The average Bonchev–Trinajstić information content (AvgIpc) is 2.74. The van der Waals surface area contributed by atoms with Crippen molar-refractivity contribution in [3.63, 3.8) is 0 Å². The minimum Gasteiger partial charge on any atom is -0.357 e. The van der Waals surface area contributed by atoms with Gasteiger partial charge in [-0.05, 0) is 36.2 Å². The molecule has 0 fully saturated rings. The molecule has 1 unspecified atom stereocenters. The quantitative estimate of drug-likeness (QED) is 0.589. The van der Waals surface area contributed by atoms with Gasteiger partial charge in [-0.3, -0.25) is 13.9 Å². The molecule has 0 saturated heterocycles. The molecule has 0 spiro atoms. The first-order valence-electron chi connectivity index (χ1n) is 9.66. The van der Waals surface area contributed by atoms with Gasteiger partial charge in [0.25, 0.3) is 0 Å². The number of carbonyl (C=O) groups excluding carboxylic acids is 2. The molecular weight excluding hydrogens is 464 g/mol. The van der Waals surface area contributed by atoms with Gasteiger partial charge >= 0.3 is 0 Å². The lowest BCUT2D eigenvalue weighted by atomic mass is 10.1. The van der Waals surface area contributed by atoms with Crippen molar-refractivity contribution in [2.75, 3.05) is 24.2 Å². The highest BCUT2D eigenvalue weighted by Crippen LogP contribution is 2.22. The average molecular weight is 488 g/mol. The fourth-order valence-corrected chi connectivity index (χ4v) is 4.09. The topological polar surface area (TPSA) is 86.8 Å². The lowest BCUT2D eigenvalue weighted by Gasteiger charge is -2.32. The Morgan fingerprint density at radius 1 is 1.09 bits per heavy atom. The summed E-state index contributed by atoms with van der Waals surface area (Å²) < 4.78 is 52.4. The van der Waals surface area contributed by atoms with Crippen molar-refractivity contribution >= 4 is 39.1 Å². The van der Waals surface area contributed by atoms with E-state index in [9.17, 15) is 26.8 Å². The zero-order chi connectivity index (χ0) is 24.1. The molecule has 0 aliphatic rings. The van der Waals surface area contributed by atoms with Crippen molar-refractivity contribution in [2.45, 2.75) is 25.9 Å². The van der Waals surface area contributed by atoms with Crippen LogP contribution in [0.4, 0.5) is 14.5 Å². The number of rotatable bonds is 9. The van der Waals surface area contributed by atoms with Crippen LogP contribution in [0.25, 0.3) is 0 Å². The normalized spacial score (nSPS) is 12.2. The summed E-state index contributed by atoms with van der Waals surface area (Å²) >= 11 is 5.91. The van der Waals surface area contributed by atoms with Crippen molar-refractivity contribution in [3.05, 3.63) is 64.7 Å². The second-order valence-electron chi connectivity index (χ2n) is 7.05. The first-order valence-corrected chi connectivity index (χ1v) is 11.9. The molecule has 32 heavy (non-hydrogen) atoms. The summed E-state index contributed by atoms with van der Waals surface area (Å²) in [4.78, 5) is 26.9. The van der Waals surface area contributed by atoms with E-state index in [0.717, 1.165) is 18.4 Å². The molecule has 0 radical (unpaired) electrons. The monoisotopic (exact) mass is 487 g/mol. The zero-order valence-corrected chi connectivity index (χ0v) is 19.4. The van der Waals surface area contributed by atoms with Crippen molar-refractivity contribution in [1.82, 2.24) is 10.2 Å². The van der Waals surface area contributed by atoms with Crippen LogP contribution in [-0.4, -0.2) is 51.0 Å². The predicted molar refractivity (Wildman–Crippen MR) is 119 cm³/mol. The first-order chi connectivity index (χ1) is 15.0. The van der Waals surface area contributed by atoms with Crippen LogP contribution in [0.3, 0.4) is 0 Å². The van der Waals surface area contributed by atoms with E-state index in [1.165, 1.54) is 11.9 Å². The first kappa shape index (κ1) is 25.5. The number of amides is 2. The Kier molecular flexibility index (Phi) is 8.57. The molecule has 0 aromatic heterocycles. The van der Waals surface area contributed by atoms with E-state index < -0.39 is 46.1 Å². The molecule has 2 aromatic carbocycles. The smallest absolute Gasteiger partial charge is 0.244 e. The molecule has 1 N–H and O–H groups in total. The molecule has 0 aliphatic carbocycles. The van der Waals surface area contributed by atoms with E-state index in [4.69, 9.17) is 11.6 Å². The summed E-state index contributed by atoms with van der Waals surface area (Å²) in [7, 11) is -2.60. The number of likely N-dealkylation sites (N-methyl/N-ethyl adjacent to an activating group) is 1. The van der Waals surface area contributed by atoms with Crippen LogP contribution in [0.1, 0.15) is 18.9 Å². The lowest BCUT2D eigenvalue weighted by molar-refractivity contribution is -0.140. The number of nitrogens with one attached hydrogen (secondary N) is 1. The second kappa shape index (κ2) is 10.7. The van der Waals surface area contributed by atoms with Crippen LogP contribution in [-0.2, 0) is 26.2 Å². The van der Waals surface area contributed by atoms with Crippen molar-refractivity contribution in [2.24, 2.45) is 0 Å². The van der Waals surface area contributed by atoms with Crippen molar-refractivity contribution in [3.8, 4) is 0 Å². The van der Waals surface area contributed by atoms with Crippen LogP contribution in [0.5, 0.6) is 0 Å². The Morgan fingerprint density at radius 2 is 1.72 bits per heavy atom. The lowest BCUT2D eigenvalue weighted by Crippen LogP contribution is -2.51. The number of anilines is 1. The van der Waals surface area contributed by atoms with Gasteiger partial charge in [-0.25, -0.2) is 17.2 Å². The van der Waals surface area contributed by atoms with Crippen LogP contribution in [0, 0.1) is 11.6 Å². The highest BCUT2D eigenvalue weighted by molar-refractivity contribution is 7.92. The van der Waals surface area contributed by atoms with Gasteiger partial charge in [0.15, 0.2) is 11.6 Å². The van der Waals surface area contributed by atoms with Crippen LogP contribution in [0.15, 0.2) is 42.5 Å². The molecule has 0 bridgehead atoms. The minimum absolute atomic E-state index is 0.0112. The van der Waals surface area contributed by atoms with Gasteiger partial charge in [-0.15, -0.1) is 0 Å². The molecule has 0 aliphatic heterocycles. The minimum atomic E-state index is -4.03. The van der Waals surface area contributed by atoms with Gasteiger partial charge in [-0.2, -0.15) is 0 Å². The summed E-state index contributed by atoms with van der Waals surface area (Å²) in [5, 5.41) is 2.99. The van der Waals surface area contributed by atoms with Crippen molar-refractivity contribution < 1.29 is 26.8 Å². The van der Waals surface area contributed by atoms with E-state index in [0.29, 0.717) is 21.0 Å². The van der Waals surface area contributed by atoms with Gasteiger partial charge in [0.2, 0.25) is 21.8 Å². The number of halogens is 3. The molecule has 11 heteroatoms. The maximum absolute atomic E-state index is 13.7. The van der Waals surface area contributed by atoms with Crippen LogP contribution >= 0.6 is 11.6 Å². The molecule has 2 amide bonds. The van der Waals surface area contributed by atoms with Gasteiger partial charge < -0.3 is 10.2 Å². The summed E-state index contributed by atoms with van der Waals surface area (Å²) in [5.74, 6) is -3.51. The highest BCUT2D eigenvalue weighted by atomic mass is 35.5. The number of nitrogens with zero attached hydrogens (tertiary/aromatic N) is 2. The summed E-state index contributed by atoms with van der Waals surface area (Å²) in [6.07, 6.45) is 1.12. The number of hydrogen-bond acceptors (Lipinski definition) is 4. The number of carbonyl (C=O) groups is 2. The SMILES string of the molecule is CCC(C(=O)NC)N(Cc1ccc(Cl)cc1)C(=O)CN(c1ccc(F)c(F)c1)S(C)(=O)=O. The third kappa shape index (κ3) is 6.39. The standard InChI is InChI=1S/C21H24ClF2N3O4S/c1-4-19(21(29)25-2)26(12-14-5-7-15(22)8-6-14)20(28)13-27(32(3,30)31)16-9-10-17(23)18(24)11-16/h5-11,19H,4,12-13H2,1-3H3,(H,25,29).